The zero-order valence-electron chi connectivity index (χ0n) is 49.2. The minimum atomic E-state index is -0.539. The summed E-state index contributed by atoms with van der Waals surface area (Å²) in [5.41, 5.74) is 34.7. The largest absolute Gasteiger partial charge is 0.456 e. The maximum atomic E-state index is 7.02. The van der Waals surface area contributed by atoms with Crippen molar-refractivity contribution in [1.29, 1.82) is 0 Å². The summed E-state index contributed by atoms with van der Waals surface area (Å²) in [7, 11) is 0. The quantitative estimate of drug-likeness (QED) is 0.162. The first-order valence-electron chi connectivity index (χ1n) is 31.3. The van der Waals surface area contributed by atoms with E-state index < -0.39 is 10.8 Å². The molecule has 0 bridgehead atoms. The Labute approximate surface area is 515 Å². The molecule has 0 atom stereocenters. The van der Waals surface area contributed by atoms with Crippen molar-refractivity contribution < 1.29 is 8.83 Å². The molecular formula is C84H53BN2O2. The SMILES string of the molecule is CC(C)(C)c1cc2c3c(c1)N(c1cccc4c1-c1ccccc1C41c4ccccc4-c4ccccc41)c1cc4c(cc1B3c1cc3oc5ccccc5c3cc1N2c1cccc2c1-c1ccccc1C21c2ccccc2-c2ccccc21)oc1ccccc14. The van der Waals surface area contributed by atoms with E-state index in [-0.39, 0.29) is 12.1 Å². The molecule has 6 aliphatic rings. The number of hydrogen-bond donors (Lipinski definition) is 0. The van der Waals surface area contributed by atoms with E-state index in [9.17, 15) is 0 Å². The Morgan fingerprint density at radius 3 is 1.02 bits per heavy atom. The van der Waals surface area contributed by atoms with Gasteiger partial charge in [-0.1, -0.05) is 227 Å². The lowest BCUT2D eigenvalue weighted by Gasteiger charge is -2.45. The Hall–Kier alpha value is -10.9. The lowest BCUT2D eigenvalue weighted by Crippen LogP contribution is -2.61. The number of fused-ring (bicyclic) bond motifs is 30. The van der Waals surface area contributed by atoms with Gasteiger partial charge in [-0.3, -0.25) is 0 Å². The van der Waals surface area contributed by atoms with Crippen LogP contribution in [-0.2, 0) is 16.2 Å². The van der Waals surface area contributed by atoms with Gasteiger partial charge in [0.1, 0.15) is 22.3 Å². The third-order valence-electron chi connectivity index (χ3n) is 21.4. The van der Waals surface area contributed by atoms with Crippen LogP contribution in [0.25, 0.3) is 88.4 Å². The van der Waals surface area contributed by atoms with Crippen molar-refractivity contribution in [3.63, 3.8) is 0 Å². The molecule has 4 nitrogen and oxygen atoms in total. The molecule has 0 saturated heterocycles. The third kappa shape index (κ3) is 5.75. The number of para-hydroxylation sites is 2. The summed E-state index contributed by atoms with van der Waals surface area (Å²) in [5.74, 6) is 0. The van der Waals surface area contributed by atoms with E-state index in [4.69, 9.17) is 8.83 Å². The van der Waals surface area contributed by atoms with Crippen LogP contribution < -0.4 is 26.2 Å². The summed E-state index contributed by atoms with van der Waals surface area (Å²) in [4.78, 5) is 5.36. The van der Waals surface area contributed by atoms with E-state index in [0.717, 1.165) is 66.6 Å². The van der Waals surface area contributed by atoms with E-state index >= 15 is 0 Å². The highest BCUT2D eigenvalue weighted by molar-refractivity contribution is 7.00. The highest BCUT2D eigenvalue weighted by Crippen LogP contribution is 2.67. The molecule has 2 aliphatic heterocycles. The summed E-state index contributed by atoms with van der Waals surface area (Å²) in [6.07, 6.45) is 0. The highest BCUT2D eigenvalue weighted by atomic mass is 16.3. The van der Waals surface area contributed by atoms with Crippen LogP contribution in [0.15, 0.2) is 276 Å². The third-order valence-corrected chi connectivity index (χ3v) is 21.4. The molecule has 2 spiro atoms. The van der Waals surface area contributed by atoms with E-state index in [1.165, 1.54) is 122 Å². The van der Waals surface area contributed by atoms with Gasteiger partial charge in [-0.2, -0.15) is 0 Å². The molecule has 0 N–H and O–H groups in total. The maximum absolute atomic E-state index is 7.02. The van der Waals surface area contributed by atoms with Gasteiger partial charge < -0.3 is 18.6 Å². The van der Waals surface area contributed by atoms with Crippen molar-refractivity contribution in [3.05, 3.63) is 317 Å². The molecule has 4 aliphatic carbocycles. The van der Waals surface area contributed by atoms with E-state index in [1.54, 1.807) is 0 Å². The van der Waals surface area contributed by atoms with Crippen molar-refractivity contribution in [3.8, 4) is 44.5 Å². The monoisotopic (exact) mass is 1130 g/mol. The summed E-state index contributed by atoms with van der Waals surface area (Å²) in [6.45, 7) is 6.91. The Balaban J connectivity index is 0.915. The second-order valence-corrected chi connectivity index (χ2v) is 26.5. The van der Waals surface area contributed by atoms with Gasteiger partial charge in [0.2, 0.25) is 0 Å². The number of anilines is 6. The second kappa shape index (κ2) is 16.6. The minimum absolute atomic E-state index is 0.241. The normalized spacial score (nSPS) is 15.0. The number of hydrogen-bond acceptors (Lipinski definition) is 4. The molecule has 414 valence electrons. The topological polar surface area (TPSA) is 32.8 Å². The predicted octanol–water partition coefficient (Wildman–Crippen LogP) is 19.6. The smallest absolute Gasteiger partial charge is 0.252 e. The van der Waals surface area contributed by atoms with Crippen molar-refractivity contribution in [2.45, 2.75) is 37.0 Å². The molecule has 0 unspecified atom stereocenters. The van der Waals surface area contributed by atoms with Crippen LogP contribution in [0.4, 0.5) is 34.1 Å². The minimum Gasteiger partial charge on any atom is -0.456 e. The average molecular weight is 1130 g/mol. The lowest BCUT2D eigenvalue weighted by atomic mass is 9.33. The van der Waals surface area contributed by atoms with Crippen LogP contribution in [0.3, 0.4) is 0 Å². The highest BCUT2D eigenvalue weighted by Gasteiger charge is 2.56. The summed E-state index contributed by atoms with van der Waals surface area (Å²) in [6, 6.07) is 101. The Kier molecular flexibility index (Phi) is 9.00. The number of nitrogens with zero attached hydrogens (tertiary/aromatic N) is 2. The van der Waals surface area contributed by atoms with Gasteiger partial charge in [0, 0.05) is 55.4 Å². The average Bonchev–Trinajstić information content (AvgIpc) is 1.58. The van der Waals surface area contributed by atoms with Crippen molar-refractivity contribution in [2.24, 2.45) is 0 Å². The molecule has 0 radical (unpaired) electrons. The van der Waals surface area contributed by atoms with Crippen LogP contribution in [0.5, 0.6) is 0 Å². The first-order chi connectivity index (χ1) is 43.8. The standard InChI is InChI=1S/C84H53BN2O2/c1-82(2,3)48-42-73-81-74(43-48)87(70-39-21-37-66-80(70)56-29-9-17-35-64(56)84(66)61-32-14-6-24-51(61)52-25-7-15-33-62(52)84)72-45-58-54-27-11-19-41-76(54)89-78(58)47-68(72)85(81)67-46-77-57(53-26-10-18-40-75(53)88-77)44-71(67)86(73)69-38-20-36-65-79(69)55-28-8-16-34-63(55)83(65)59-30-12-4-22-49(59)50-23-5-13-31-60(50)83/h4-47H,1-3H3. The van der Waals surface area contributed by atoms with Gasteiger partial charge in [-0.05, 0) is 166 Å². The summed E-state index contributed by atoms with van der Waals surface area (Å²) >= 11 is 0. The van der Waals surface area contributed by atoms with Crippen molar-refractivity contribution >= 4 is 101 Å². The van der Waals surface area contributed by atoms with Gasteiger partial charge in [-0.15, -0.1) is 0 Å². The number of rotatable bonds is 2. The van der Waals surface area contributed by atoms with Gasteiger partial charge in [0.25, 0.3) is 6.71 Å². The van der Waals surface area contributed by atoms with E-state index in [1.807, 2.05) is 0 Å². The first-order valence-corrected chi connectivity index (χ1v) is 31.3. The molecule has 89 heavy (non-hydrogen) atoms. The van der Waals surface area contributed by atoms with Gasteiger partial charge in [0.05, 0.1) is 22.2 Å². The molecule has 0 saturated carbocycles. The molecule has 21 rings (SSSR count). The Bertz CT molecular complexity index is 5300. The fourth-order valence-electron chi connectivity index (χ4n) is 18.0. The molecule has 15 aromatic rings. The van der Waals surface area contributed by atoms with Crippen LogP contribution in [0.2, 0.25) is 0 Å². The molecule has 2 aromatic heterocycles. The van der Waals surface area contributed by atoms with Gasteiger partial charge in [-0.25, -0.2) is 0 Å². The number of benzene rings is 13. The van der Waals surface area contributed by atoms with E-state index in [2.05, 4.69) is 297 Å². The molecule has 4 heterocycles. The zero-order valence-corrected chi connectivity index (χ0v) is 49.2. The Morgan fingerprint density at radius 2 is 0.629 bits per heavy atom. The van der Waals surface area contributed by atoms with Crippen molar-refractivity contribution in [2.75, 3.05) is 9.80 Å². The second-order valence-electron chi connectivity index (χ2n) is 26.5. The number of furan rings is 2. The Morgan fingerprint density at radius 1 is 0.292 bits per heavy atom. The van der Waals surface area contributed by atoms with Crippen LogP contribution >= 0.6 is 0 Å². The zero-order chi connectivity index (χ0) is 58.4. The maximum Gasteiger partial charge on any atom is 0.252 e. The van der Waals surface area contributed by atoms with Gasteiger partial charge in [0.15, 0.2) is 0 Å². The first kappa shape index (κ1) is 48.3. The molecule has 0 amide bonds. The van der Waals surface area contributed by atoms with Crippen molar-refractivity contribution in [1.82, 2.24) is 0 Å². The van der Waals surface area contributed by atoms with E-state index in [0.29, 0.717) is 0 Å². The fourth-order valence-corrected chi connectivity index (χ4v) is 18.0. The molecule has 0 fully saturated rings. The molecule has 13 aromatic carbocycles. The summed E-state index contributed by atoms with van der Waals surface area (Å²) < 4.78 is 14.0. The lowest BCUT2D eigenvalue weighted by molar-refractivity contribution is 0.590. The van der Waals surface area contributed by atoms with Crippen LogP contribution in [-0.4, -0.2) is 6.71 Å². The fraction of sp³-hybridized carbons (Fsp3) is 0.0714. The summed E-state index contributed by atoms with van der Waals surface area (Å²) in [5, 5.41) is 4.39. The van der Waals surface area contributed by atoms with Crippen LogP contribution in [0, 0.1) is 0 Å². The predicted molar refractivity (Wildman–Crippen MR) is 366 cm³/mol. The molecular weight excluding hydrogens is 1080 g/mol. The van der Waals surface area contributed by atoms with Gasteiger partial charge >= 0.3 is 0 Å². The molecule has 5 heteroatoms. The van der Waals surface area contributed by atoms with Crippen LogP contribution in [0.1, 0.15) is 70.8 Å².